The van der Waals surface area contributed by atoms with Crippen LogP contribution in [0.1, 0.15) is 10.4 Å². The van der Waals surface area contributed by atoms with Gasteiger partial charge in [0, 0.05) is 0 Å². The molecule has 0 atom stereocenters. The molecular weight excluding hydrogens is 188 g/mol. The van der Waals surface area contributed by atoms with Gasteiger partial charge in [0.05, 0.1) is 10.6 Å². The third-order valence-corrected chi connectivity index (χ3v) is 1.76. The zero-order chi connectivity index (χ0) is 9.68. The fraction of sp³-hybridized carbons (Fsp3) is 0.100. The minimum Gasteiger partial charge on any atom is -0.458 e. The average molecular weight is 197 g/mol. The van der Waals surface area contributed by atoms with E-state index in [4.69, 9.17) is 16.3 Å². The Hall–Kier alpha value is -1.28. The van der Waals surface area contributed by atoms with Gasteiger partial charge < -0.3 is 4.74 Å². The van der Waals surface area contributed by atoms with Gasteiger partial charge in [0.2, 0.25) is 0 Å². The monoisotopic (exact) mass is 196 g/mol. The first kappa shape index (κ1) is 9.81. The van der Waals surface area contributed by atoms with Crippen LogP contribution in [-0.4, -0.2) is 12.6 Å². The van der Waals surface area contributed by atoms with Crippen molar-refractivity contribution in [2.75, 3.05) is 6.61 Å². The van der Waals surface area contributed by atoms with Crippen molar-refractivity contribution in [2.45, 2.75) is 0 Å². The molecule has 0 spiro atoms. The number of hydrogen-bond donors (Lipinski definition) is 0. The van der Waals surface area contributed by atoms with E-state index >= 15 is 0 Å². The van der Waals surface area contributed by atoms with E-state index in [-0.39, 0.29) is 6.61 Å². The zero-order valence-corrected chi connectivity index (χ0v) is 7.75. The predicted octanol–water partition coefficient (Wildman–Crippen LogP) is 2.68. The molecule has 2 nitrogen and oxygen atoms in total. The van der Waals surface area contributed by atoms with E-state index in [9.17, 15) is 4.79 Å². The van der Waals surface area contributed by atoms with Crippen LogP contribution in [0, 0.1) is 0 Å². The van der Waals surface area contributed by atoms with Crippen LogP contribution in [0.5, 0.6) is 0 Å². The number of esters is 1. The van der Waals surface area contributed by atoms with Crippen LogP contribution in [0.25, 0.3) is 0 Å². The average Bonchev–Trinajstić information content (AvgIpc) is 2.15. The lowest BCUT2D eigenvalue weighted by Gasteiger charge is -2.02. The minimum absolute atomic E-state index is 0.198. The number of benzene rings is 1. The Morgan fingerprint density at radius 3 is 2.85 bits per heavy atom. The van der Waals surface area contributed by atoms with Gasteiger partial charge in [-0.05, 0) is 12.1 Å². The molecule has 68 valence electrons. The van der Waals surface area contributed by atoms with Gasteiger partial charge in [0.25, 0.3) is 0 Å². The molecule has 0 unspecified atom stereocenters. The molecule has 0 aliphatic rings. The maximum absolute atomic E-state index is 11.3. The lowest BCUT2D eigenvalue weighted by molar-refractivity contribution is 0.0550. The molecule has 0 saturated heterocycles. The summed E-state index contributed by atoms with van der Waals surface area (Å²) in [7, 11) is 0. The summed E-state index contributed by atoms with van der Waals surface area (Å²) in [5.74, 6) is -0.425. The topological polar surface area (TPSA) is 26.3 Å². The molecule has 3 heteroatoms. The van der Waals surface area contributed by atoms with Crippen LogP contribution in [0.3, 0.4) is 0 Å². The predicted molar refractivity (Wildman–Crippen MR) is 51.9 cm³/mol. The van der Waals surface area contributed by atoms with E-state index in [1.807, 2.05) is 0 Å². The largest absolute Gasteiger partial charge is 0.458 e. The molecule has 0 heterocycles. The lowest BCUT2D eigenvalue weighted by Crippen LogP contribution is -2.05. The standard InChI is InChI=1S/C10H9ClO2/c1-2-7-13-10(12)8-5-3-4-6-9(8)11/h2-6H,1,7H2. The summed E-state index contributed by atoms with van der Waals surface area (Å²) in [5, 5.41) is 0.400. The second-order valence-electron chi connectivity index (χ2n) is 2.37. The van der Waals surface area contributed by atoms with Gasteiger partial charge in [0.1, 0.15) is 6.61 Å². The molecule has 13 heavy (non-hydrogen) atoms. The van der Waals surface area contributed by atoms with Crippen molar-refractivity contribution < 1.29 is 9.53 Å². The molecule has 0 amide bonds. The molecule has 0 bridgehead atoms. The number of carbonyl (C=O) groups excluding carboxylic acids is 1. The van der Waals surface area contributed by atoms with Crippen molar-refractivity contribution in [3.05, 3.63) is 47.5 Å². The highest BCUT2D eigenvalue weighted by Gasteiger charge is 2.09. The van der Waals surface area contributed by atoms with Gasteiger partial charge in [-0.1, -0.05) is 36.4 Å². The summed E-state index contributed by atoms with van der Waals surface area (Å²) in [4.78, 5) is 11.3. The molecule has 0 aliphatic heterocycles. The SMILES string of the molecule is C=CCOC(=O)c1ccccc1Cl. The van der Waals surface area contributed by atoms with Crippen LogP contribution >= 0.6 is 11.6 Å². The van der Waals surface area contributed by atoms with E-state index < -0.39 is 5.97 Å². The van der Waals surface area contributed by atoms with E-state index in [0.29, 0.717) is 10.6 Å². The van der Waals surface area contributed by atoms with Crippen LogP contribution in [0.15, 0.2) is 36.9 Å². The smallest absolute Gasteiger partial charge is 0.339 e. The van der Waals surface area contributed by atoms with E-state index in [1.165, 1.54) is 6.08 Å². The third kappa shape index (κ3) is 2.60. The Kier molecular flexibility index (Phi) is 3.53. The maximum atomic E-state index is 11.3. The molecule has 0 N–H and O–H groups in total. The van der Waals surface area contributed by atoms with Gasteiger partial charge in [-0.25, -0.2) is 4.79 Å². The highest BCUT2D eigenvalue weighted by molar-refractivity contribution is 6.33. The van der Waals surface area contributed by atoms with Crippen LogP contribution in [0.4, 0.5) is 0 Å². The van der Waals surface area contributed by atoms with Gasteiger partial charge in [-0.3, -0.25) is 0 Å². The fourth-order valence-corrected chi connectivity index (χ4v) is 1.05. The molecular formula is C10H9ClO2. The fourth-order valence-electron chi connectivity index (χ4n) is 0.839. The molecule has 0 radical (unpaired) electrons. The van der Waals surface area contributed by atoms with Crippen LogP contribution < -0.4 is 0 Å². The summed E-state index contributed by atoms with van der Waals surface area (Å²) in [6, 6.07) is 6.75. The third-order valence-electron chi connectivity index (χ3n) is 1.43. The lowest BCUT2D eigenvalue weighted by atomic mass is 10.2. The van der Waals surface area contributed by atoms with Gasteiger partial charge in [-0.2, -0.15) is 0 Å². The van der Waals surface area contributed by atoms with E-state index in [0.717, 1.165) is 0 Å². The van der Waals surface area contributed by atoms with Crippen molar-refractivity contribution in [1.29, 1.82) is 0 Å². The van der Waals surface area contributed by atoms with Gasteiger partial charge >= 0.3 is 5.97 Å². The second-order valence-corrected chi connectivity index (χ2v) is 2.77. The molecule has 1 rings (SSSR count). The Bertz CT molecular complexity index is 320. The Morgan fingerprint density at radius 2 is 2.23 bits per heavy atom. The first-order chi connectivity index (χ1) is 6.25. The van der Waals surface area contributed by atoms with Crippen molar-refractivity contribution >= 4 is 17.6 Å². The van der Waals surface area contributed by atoms with E-state index in [2.05, 4.69) is 6.58 Å². The Balaban J connectivity index is 2.76. The summed E-state index contributed by atoms with van der Waals surface area (Å²) in [6.07, 6.45) is 1.51. The van der Waals surface area contributed by atoms with Crippen molar-refractivity contribution in [1.82, 2.24) is 0 Å². The second kappa shape index (κ2) is 4.67. The molecule has 0 aromatic heterocycles. The Labute approximate surface area is 81.8 Å². The zero-order valence-electron chi connectivity index (χ0n) is 7.00. The highest BCUT2D eigenvalue weighted by atomic mass is 35.5. The van der Waals surface area contributed by atoms with Crippen LogP contribution in [-0.2, 0) is 4.74 Å². The summed E-state index contributed by atoms with van der Waals surface area (Å²) in [6.45, 7) is 3.64. The highest BCUT2D eigenvalue weighted by Crippen LogP contribution is 2.15. The number of rotatable bonds is 3. The summed E-state index contributed by atoms with van der Waals surface area (Å²) >= 11 is 5.77. The number of ether oxygens (including phenoxy) is 1. The molecule has 0 fully saturated rings. The first-order valence-corrected chi connectivity index (χ1v) is 4.16. The maximum Gasteiger partial charge on any atom is 0.339 e. The van der Waals surface area contributed by atoms with Gasteiger partial charge in [-0.15, -0.1) is 0 Å². The molecule has 1 aromatic carbocycles. The Morgan fingerprint density at radius 1 is 1.54 bits per heavy atom. The quantitative estimate of drug-likeness (QED) is 0.549. The van der Waals surface area contributed by atoms with Gasteiger partial charge in [0.15, 0.2) is 0 Å². The first-order valence-electron chi connectivity index (χ1n) is 3.78. The van der Waals surface area contributed by atoms with Crippen molar-refractivity contribution in [3.8, 4) is 0 Å². The number of halogens is 1. The molecule has 0 saturated carbocycles. The van der Waals surface area contributed by atoms with E-state index in [1.54, 1.807) is 24.3 Å². The van der Waals surface area contributed by atoms with Crippen LogP contribution in [0.2, 0.25) is 5.02 Å². The number of carbonyl (C=O) groups is 1. The summed E-state index contributed by atoms with van der Waals surface area (Å²) < 4.78 is 4.82. The van der Waals surface area contributed by atoms with Crippen molar-refractivity contribution in [3.63, 3.8) is 0 Å². The normalized spacial score (nSPS) is 9.31. The minimum atomic E-state index is -0.425. The van der Waals surface area contributed by atoms with Crippen molar-refractivity contribution in [2.24, 2.45) is 0 Å². The number of hydrogen-bond acceptors (Lipinski definition) is 2. The summed E-state index contributed by atoms with van der Waals surface area (Å²) in [5.41, 5.74) is 0.381. The molecule has 1 aromatic rings. The molecule has 0 aliphatic carbocycles.